The summed E-state index contributed by atoms with van der Waals surface area (Å²) < 4.78 is 1.69. The molecule has 3 aromatic heterocycles. The Morgan fingerprint density at radius 1 is 1.19 bits per heavy atom. The van der Waals surface area contributed by atoms with Crippen LogP contribution in [0.5, 0.6) is 0 Å². The second-order valence-electron chi connectivity index (χ2n) is 6.18. The van der Waals surface area contributed by atoms with E-state index in [0.717, 1.165) is 17.0 Å². The summed E-state index contributed by atoms with van der Waals surface area (Å²) in [5.41, 5.74) is 3.80. The van der Waals surface area contributed by atoms with Crippen LogP contribution in [-0.4, -0.2) is 25.5 Å². The SMILES string of the molecule is CC(C)c1csc(NC(=O)c2cnn3c(-c4ccccc4)ccnc23)n1. The number of fused-ring (bicyclic) bond motifs is 1. The maximum atomic E-state index is 12.7. The van der Waals surface area contributed by atoms with Gasteiger partial charge in [-0.1, -0.05) is 44.2 Å². The molecule has 0 unspecified atom stereocenters. The second kappa shape index (κ2) is 6.68. The van der Waals surface area contributed by atoms with Crippen LogP contribution in [0.15, 0.2) is 54.2 Å². The number of nitrogens with one attached hydrogen (secondary N) is 1. The molecule has 0 aliphatic carbocycles. The third kappa shape index (κ3) is 2.97. The molecule has 1 N–H and O–H groups in total. The number of hydrogen-bond acceptors (Lipinski definition) is 5. The lowest BCUT2D eigenvalue weighted by Gasteiger charge is -2.05. The minimum Gasteiger partial charge on any atom is -0.298 e. The Morgan fingerprint density at radius 2 is 2.00 bits per heavy atom. The maximum absolute atomic E-state index is 12.7. The van der Waals surface area contributed by atoms with Gasteiger partial charge in [-0.3, -0.25) is 10.1 Å². The molecule has 130 valence electrons. The van der Waals surface area contributed by atoms with Crippen molar-refractivity contribution in [1.29, 1.82) is 0 Å². The van der Waals surface area contributed by atoms with E-state index in [-0.39, 0.29) is 5.91 Å². The van der Waals surface area contributed by atoms with Crippen molar-refractivity contribution in [2.24, 2.45) is 0 Å². The van der Waals surface area contributed by atoms with Crippen LogP contribution < -0.4 is 5.32 Å². The zero-order valence-electron chi connectivity index (χ0n) is 14.4. The minimum absolute atomic E-state index is 0.262. The predicted molar refractivity (Wildman–Crippen MR) is 103 cm³/mol. The van der Waals surface area contributed by atoms with Crippen molar-refractivity contribution in [1.82, 2.24) is 19.6 Å². The van der Waals surface area contributed by atoms with Crippen LogP contribution in [0.2, 0.25) is 0 Å². The van der Waals surface area contributed by atoms with Crippen molar-refractivity contribution in [2.75, 3.05) is 5.32 Å². The summed E-state index contributed by atoms with van der Waals surface area (Å²) in [5.74, 6) is 0.0614. The van der Waals surface area contributed by atoms with Gasteiger partial charge in [0.25, 0.3) is 5.91 Å². The first kappa shape index (κ1) is 16.4. The molecular weight excluding hydrogens is 346 g/mol. The quantitative estimate of drug-likeness (QED) is 0.589. The standard InChI is InChI=1S/C19H17N5OS/c1-12(2)15-11-26-19(22-15)23-18(25)14-10-21-24-16(8-9-20-17(14)24)13-6-4-3-5-7-13/h3-12H,1-2H3,(H,22,23,25). The highest BCUT2D eigenvalue weighted by molar-refractivity contribution is 7.14. The maximum Gasteiger partial charge on any atom is 0.262 e. The lowest BCUT2D eigenvalue weighted by atomic mass is 10.1. The highest BCUT2D eigenvalue weighted by atomic mass is 32.1. The summed E-state index contributed by atoms with van der Waals surface area (Å²) in [6.45, 7) is 4.14. The molecule has 3 heterocycles. The molecule has 26 heavy (non-hydrogen) atoms. The summed E-state index contributed by atoms with van der Waals surface area (Å²) in [6, 6.07) is 11.8. The summed E-state index contributed by atoms with van der Waals surface area (Å²) in [6.07, 6.45) is 3.23. The molecule has 0 aliphatic rings. The van der Waals surface area contributed by atoms with Gasteiger partial charge in [-0.2, -0.15) is 5.10 Å². The van der Waals surface area contributed by atoms with E-state index < -0.39 is 0 Å². The van der Waals surface area contributed by atoms with Crippen molar-refractivity contribution in [2.45, 2.75) is 19.8 Å². The zero-order valence-corrected chi connectivity index (χ0v) is 15.2. The van der Waals surface area contributed by atoms with Gasteiger partial charge in [-0.25, -0.2) is 14.5 Å². The predicted octanol–water partition coefficient (Wildman–Crippen LogP) is 4.23. The smallest absolute Gasteiger partial charge is 0.262 e. The van der Waals surface area contributed by atoms with Crippen LogP contribution in [0, 0.1) is 0 Å². The first-order valence-electron chi connectivity index (χ1n) is 8.28. The van der Waals surface area contributed by atoms with Gasteiger partial charge in [0.2, 0.25) is 0 Å². The van der Waals surface area contributed by atoms with Gasteiger partial charge in [0.15, 0.2) is 10.8 Å². The molecule has 0 saturated carbocycles. The molecule has 1 amide bonds. The van der Waals surface area contributed by atoms with Crippen LogP contribution in [-0.2, 0) is 0 Å². The third-order valence-electron chi connectivity index (χ3n) is 4.05. The first-order valence-corrected chi connectivity index (χ1v) is 9.16. The number of hydrogen-bond donors (Lipinski definition) is 1. The van der Waals surface area contributed by atoms with E-state index in [0.29, 0.717) is 22.3 Å². The Bertz CT molecular complexity index is 1070. The Labute approximate surface area is 154 Å². The zero-order chi connectivity index (χ0) is 18.1. The van der Waals surface area contributed by atoms with Crippen LogP contribution in [0.4, 0.5) is 5.13 Å². The van der Waals surface area contributed by atoms with E-state index in [1.165, 1.54) is 11.3 Å². The molecule has 0 fully saturated rings. The van der Waals surface area contributed by atoms with Crippen LogP contribution in [0.3, 0.4) is 0 Å². The molecule has 1 aromatic carbocycles. The Morgan fingerprint density at radius 3 is 2.73 bits per heavy atom. The molecular formula is C19H17N5OS. The summed E-state index contributed by atoms with van der Waals surface area (Å²) >= 11 is 1.42. The van der Waals surface area contributed by atoms with Crippen molar-refractivity contribution in [3.63, 3.8) is 0 Å². The van der Waals surface area contributed by atoms with Gasteiger partial charge < -0.3 is 0 Å². The van der Waals surface area contributed by atoms with Crippen LogP contribution in [0.1, 0.15) is 35.8 Å². The van der Waals surface area contributed by atoms with E-state index >= 15 is 0 Å². The van der Waals surface area contributed by atoms with Gasteiger partial charge >= 0.3 is 0 Å². The number of benzene rings is 1. The molecule has 0 aliphatic heterocycles. The second-order valence-corrected chi connectivity index (χ2v) is 7.03. The van der Waals surface area contributed by atoms with Crippen molar-refractivity contribution >= 4 is 28.0 Å². The van der Waals surface area contributed by atoms with Gasteiger partial charge in [-0.05, 0) is 12.0 Å². The largest absolute Gasteiger partial charge is 0.298 e. The third-order valence-corrected chi connectivity index (χ3v) is 4.83. The molecule has 0 saturated heterocycles. The lowest BCUT2D eigenvalue weighted by molar-refractivity contribution is 0.102. The average molecular weight is 363 g/mol. The van der Waals surface area contributed by atoms with Gasteiger partial charge in [-0.15, -0.1) is 11.3 Å². The Hall–Kier alpha value is -3.06. The van der Waals surface area contributed by atoms with E-state index in [1.807, 2.05) is 41.8 Å². The molecule has 0 bridgehead atoms. The van der Waals surface area contributed by atoms with E-state index in [1.54, 1.807) is 16.9 Å². The summed E-state index contributed by atoms with van der Waals surface area (Å²) in [4.78, 5) is 21.5. The summed E-state index contributed by atoms with van der Waals surface area (Å²) in [5, 5.41) is 9.75. The van der Waals surface area contributed by atoms with E-state index in [2.05, 4.69) is 34.2 Å². The monoisotopic (exact) mass is 363 g/mol. The van der Waals surface area contributed by atoms with Gasteiger partial charge in [0, 0.05) is 17.1 Å². The number of carbonyl (C=O) groups excluding carboxylic acids is 1. The molecule has 4 rings (SSSR count). The molecule has 7 heteroatoms. The number of anilines is 1. The summed E-state index contributed by atoms with van der Waals surface area (Å²) in [7, 11) is 0. The fourth-order valence-corrected chi connectivity index (χ4v) is 3.52. The van der Waals surface area contributed by atoms with Crippen molar-refractivity contribution < 1.29 is 4.79 Å². The van der Waals surface area contributed by atoms with E-state index in [9.17, 15) is 4.79 Å². The fourth-order valence-electron chi connectivity index (χ4n) is 2.65. The number of rotatable bonds is 4. The molecule has 4 aromatic rings. The highest BCUT2D eigenvalue weighted by Gasteiger charge is 2.17. The Kier molecular flexibility index (Phi) is 4.22. The highest BCUT2D eigenvalue weighted by Crippen LogP contribution is 2.24. The number of nitrogens with zero attached hydrogens (tertiary/aromatic N) is 4. The van der Waals surface area contributed by atoms with Crippen LogP contribution >= 0.6 is 11.3 Å². The fraction of sp³-hybridized carbons (Fsp3) is 0.158. The first-order chi connectivity index (χ1) is 12.6. The van der Waals surface area contributed by atoms with E-state index in [4.69, 9.17) is 0 Å². The molecule has 0 spiro atoms. The minimum atomic E-state index is -0.262. The normalized spacial score (nSPS) is 11.2. The van der Waals surface area contributed by atoms with Crippen molar-refractivity contribution in [3.05, 3.63) is 65.4 Å². The van der Waals surface area contributed by atoms with Crippen LogP contribution in [0.25, 0.3) is 16.9 Å². The lowest BCUT2D eigenvalue weighted by Crippen LogP contribution is -2.12. The molecule has 6 nitrogen and oxygen atoms in total. The molecule has 0 radical (unpaired) electrons. The molecule has 0 atom stereocenters. The van der Waals surface area contributed by atoms with Gasteiger partial charge in [0.1, 0.15) is 5.56 Å². The van der Waals surface area contributed by atoms with Crippen molar-refractivity contribution in [3.8, 4) is 11.3 Å². The number of carbonyl (C=O) groups is 1. The van der Waals surface area contributed by atoms with Gasteiger partial charge in [0.05, 0.1) is 17.6 Å². The average Bonchev–Trinajstić information content (AvgIpc) is 3.29. The Balaban J connectivity index is 1.68. The number of aromatic nitrogens is 4. The topological polar surface area (TPSA) is 72.2 Å². The number of amides is 1. The number of thiazole rings is 1.